The summed E-state index contributed by atoms with van der Waals surface area (Å²) >= 11 is 0. The van der Waals surface area contributed by atoms with E-state index in [9.17, 15) is 9.59 Å². The summed E-state index contributed by atoms with van der Waals surface area (Å²) in [4.78, 5) is 22.8. The molecular weight excluding hydrogens is 304 g/mol. The maximum absolute atomic E-state index is 10.5. The molecule has 0 aromatic heterocycles. The third-order valence-electron chi connectivity index (χ3n) is 5.13. The SMILES string of the molecule is CC(C)(C)NC=O.C[C@@H]1CC2CCCCC2CN1CCCC(=O)O. The molecule has 1 aliphatic heterocycles. The van der Waals surface area contributed by atoms with Gasteiger partial charge in [-0.3, -0.25) is 9.59 Å². The van der Waals surface area contributed by atoms with Crippen LogP contribution in [0.1, 0.15) is 72.6 Å². The van der Waals surface area contributed by atoms with E-state index in [4.69, 9.17) is 5.11 Å². The Balaban J connectivity index is 0.000000351. The fraction of sp³-hybridized carbons (Fsp3) is 0.895. The molecule has 2 rings (SSSR count). The lowest BCUT2D eigenvalue weighted by molar-refractivity contribution is -0.137. The molecule has 0 spiro atoms. The molecule has 1 heterocycles. The monoisotopic (exact) mass is 340 g/mol. The van der Waals surface area contributed by atoms with Crippen molar-refractivity contribution >= 4 is 12.4 Å². The molecule has 1 saturated carbocycles. The van der Waals surface area contributed by atoms with Gasteiger partial charge in [0.1, 0.15) is 0 Å². The highest BCUT2D eigenvalue weighted by Crippen LogP contribution is 2.38. The molecule has 3 atom stereocenters. The van der Waals surface area contributed by atoms with Crippen molar-refractivity contribution < 1.29 is 14.7 Å². The predicted octanol–water partition coefficient (Wildman–Crippen LogP) is 3.28. The van der Waals surface area contributed by atoms with Crippen molar-refractivity contribution in [3.63, 3.8) is 0 Å². The second kappa shape index (κ2) is 10.0. The van der Waals surface area contributed by atoms with Crippen LogP contribution in [0.5, 0.6) is 0 Å². The second-order valence-electron chi connectivity index (χ2n) is 8.39. The summed E-state index contributed by atoms with van der Waals surface area (Å²) in [5, 5.41) is 11.3. The van der Waals surface area contributed by atoms with Gasteiger partial charge in [0.05, 0.1) is 0 Å². The zero-order valence-corrected chi connectivity index (χ0v) is 15.9. The van der Waals surface area contributed by atoms with Crippen molar-refractivity contribution in [2.75, 3.05) is 13.1 Å². The lowest BCUT2D eigenvalue weighted by Gasteiger charge is -2.45. The van der Waals surface area contributed by atoms with Gasteiger partial charge in [-0.05, 0) is 65.3 Å². The largest absolute Gasteiger partial charge is 0.481 e. The highest BCUT2D eigenvalue weighted by molar-refractivity contribution is 5.66. The Bertz CT molecular complexity index is 393. The topological polar surface area (TPSA) is 69.6 Å². The molecule has 0 radical (unpaired) electrons. The maximum atomic E-state index is 10.5. The van der Waals surface area contributed by atoms with Gasteiger partial charge in [0.2, 0.25) is 6.41 Å². The van der Waals surface area contributed by atoms with Crippen molar-refractivity contribution in [3.8, 4) is 0 Å². The lowest BCUT2D eigenvalue weighted by Crippen LogP contribution is -2.47. The van der Waals surface area contributed by atoms with E-state index in [0.29, 0.717) is 18.9 Å². The number of aliphatic carboxylic acids is 1. The van der Waals surface area contributed by atoms with Crippen LogP contribution in [0.25, 0.3) is 0 Å². The van der Waals surface area contributed by atoms with Gasteiger partial charge in [-0.25, -0.2) is 0 Å². The Morgan fingerprint density at radius 1 is 1.25 bits per heavy atom. The Morgan fingerprint density at radius 2 is 1.88 bits per heavy atom. The zero-order chi connectivity index (χ0) is 18.2. The van der Waals surface area contributed by atoms with Crippen LogP contribution in [0, 0.1) is 11.8 Å². The second-order valence-corrected chi connectivity index (χ2v) is 8.39. The van der Waals surface area contributed by atoms with E-state index in [1.807, 2.05) is 20.8 Å². The van der Waals surface area contributed by atoms with Crippen LogP contribution in [-0.2, 0) is 9.59 Å². The average Bonchev–Trinajstić information content (AvgIpc) is 2.47. The van der Waals surface area contributed by atoms with Crippen LogP contribution in [0.4, 0.5) is 0 Å². The first-order valence-electron chi connectivity index (χ1n) is 9.40. The number of piperidine rings is 1. The van der Waals surface area contributed by atoms with E-state index in [0.717, 1.165) is 24.8 Å². The van der Waals surface area contributed by atoms with E-state index < -0.39 is 5.97 Å². The van der Waals surface area contributed by atoms with Crippen molar-refractivity contribution in [1.29, 1.82) is 0 Å². The number of nitrogens with zero attached hydrogens (tertiary/aromatic N) is 1. The Hall–Kier alpha value is -1.10. The molecule has 2 N–H and O–H groups in total. The molecule has 1 amide bonds. The molecule has 1 aliphatic carbocycles. The molecule has 2 fully saturated rings. The van der Waals surface area contributed by atoms with Crippen molar-refractivity contribution in [1.82, 2.24) is 10.2 Å². The summed E-state index contributed by atoms with van der Waals surface area (Å²) in [6, 6.07) is 0.656. The standard InChI is InChI=1S/C14H25NO2.C5H11NO/c1-11-9-12-5-2-3-6-13(12)10-15(11)8-4-7-14(16)17;1-5(2,3)6-4-7/h11-13H,2-10H2,1H3,(H,16,17);4H,1-3H3,(H,6,7)/t11-,12?,13?;/m1./s1. The Morgan fingerprint density at radius 3 is 2.38 bits per heavy atom. The molecule has 5 heteroatoms. The summed E-state index contributed by atoms with van der Waals surface area (Å²) in [6.07, 6.45) is 8.81. The minimum Gasteiger partial charge on any atom is -0.481 e. The highest BCUT2D eigenvalue weighted by Gasteiger charge is 2.34. The predicted molar refractivity (Wildman–Crippen MR) is 96.9 cm³/mol. The Labute approximate surface area is 147 Å². The van der Waals surface area contributed by atoms with Gasteiger partial charge < -0.3 is 15.3 Å². The Kier molecular flexibility index (Phi) is 8.74. The first-order chi connectivity index (χ1) is 11.2. The van der Waals surface area contributed by atoms with Crippen LogP contribution in [0.3, 0.4) is 0 Å². The van der Waals surface area contributed by atoms with Crippen molar-refractivity contribution in [3.05, 3.63) is 0 Å². The van der Waals surface area contributed by atoms with Crippen molar-refractivity contribution in [2.24, 2.45) is 11.8 Å². The number of fused-ring (bicyclic) bond motifs is 1. The number of amides is 1. The van der Waals surface area contributed by atoms with Gasteiger partial charge >= 0.3 is 5.97 Å². The first kappa shape index (κ1) is 20.9. The number of hydrogen-bond donors (Lipinski definition) is 2. The van der Waals surface area contributed by atoms with Crippen LogP contribution in [0.15, 0.2) is 0 Å². The summed E-state index contributed by atoms with van der Waals surface area (Å²) in [6.45, 7) is 10.3. The number of hydrogen-bond acceptors (Lipinski definition) is 3. The van der Waals surface area contributed by atoms with Crippen LogP contribution in [0.2, 0.25) is 0 Å². The van der Waals surface area contributed by atoms with Crippen LogP contribution < -0.4 is 5.32 Å². The first-order valence-corrected chi connectivity index (χ1v) is 9.40. The maximum Gasteiger partial charge on any atom is 0.303 e. The van der Waals surface area contributed by atoms with E-state index >= 15 is 0 Å². The summed E-state index contributed by atoms with van der Waals surface area (Å²) < 4.78 is 0. The number of carbonyl (C=O) groups excluding carboxylic acids is 1. The van der Waals surface area contributed by atoms with E-state index in [-0.39, 0.29) is 5.54 Å². The van der Waals surface area contributed by atoms with Gasteiger partial charge in [0.15, 0.2) is 0 Å². The quantitative estimate of drug-likeness (QED) is 0.754. The summed E-state index contributed by atoms with van der Waals surface area (Å²) in [7, 11) is 0. The summed E-state index contributed by atoms with van der Waals surface area (Å²) in [5.74, 6) is 1.18. The number of carboxylic acid groups (broad SMARTS) is 1. The fourth-order valence-electron chi connectivity index (χ4n) is 3.83. The van der Waals surface area contributed by atoms with Gasteiger partial charge in [-0.1, -0.05) is 19.3 Å². The molecule has 2 unspecified atom stereocenters. The molecule has 24 heavy (non-hydrogen) atoms. The van der Waals surface area contributed by atoms with Gasteiger partial charge in [-0.2, -0.15) is 0 Å². The van der Waals surface area contributed by atoms with E-state index in [1.165, 1.54) is 38.6 Å². The molecule has 0 aromatic carbocycles. The molecule has 0 bridgehead atoms. The number of nitrogens with one attached hydrogen (secondary N) is 1. The molecule has 140 valence electrons. The third-order valence-corrected chi connectivity index (χ3v) is 5.13. The van der Waals surface area contributed by atoms with Crippen LogP contribution >= 0.6 is 0 Å². The van der Waals surface area contributed by atoms with Gasteiger partial charge in [0.25, 0.3) is 0 Å². The highest BCUT2D eigenvalue weighted by atomic mass is 16.4. The average molecular weight is 341 g/mol. The minimum absolute atomic E-state index is 0.0677. The zero-order valence-electron chi connectivity index (χ0n) is 15.9. The summed E-state index contributed by atoms with van der Waals surface area (Å²) in [5.41, 5.74) is -0.0677. The van der Waals surface area contributed by atoms with Gasteiger partial charge in [-0.15, -0.1) is 0 Å². The molecule has 2 aliphatic rings. The molecule has 0 aromatic rings. The minimum atomic E-state index is -0.662. The molecule has 5 nitrogen and oxygen atoms in total. The lowest BCUT2D eigenvalue weighted by atomic mass is 9.73. The van der Waals surface area contributed by atoms with E-state index in [1.54, 1.807) is 0 Å². The molecular formula is C19H36N2O3. The number of carbonyl (C=O) groups is 2. The number of likely N-dealkylation sites (tertiary alicyclic amines) is 1. The van der Waals surface area contributed by atoms with Crippen molar-refractivity contribution in [2.45, 2.75) is 84.2 Å². The normalized spacial score (nSPS) is 27.4. The van der Waals surface area contributed by atoms with E-state index in [2.05, 4.69) is 17.1 Å². The number of rotatable bonds is 5. The number of carboxylic acids is 1. The molecule has 1 saturated heterocycles. The smallest absolute Gasteiger partial charge is 0.303 e. The van der Waals surface area contributed by atoms with Crippen LogP contribution in [-0.4, -0.2) is 47.1 Å². The third kappa shape index (κ3) is 8.13. The fourth-order valence-corrected chi connectivity index (χ4v) is 3.83. The van der Waals surface area contributed by atoms with Gasteiger partial charge in [0, 0.05) is 24.5 Å².